The molecule has 0 aromatic heterocycles. The molecule has 348 valence electrons. The minimum Gasteiger partial charge on any atom is -0.493 e. The number of urea groups is 1. The normalized spacial score (nSPS) is 20.1. The number of nitrogens with two attached hydrogens (primary N) is 1. The Morgan fingerprint density at radius 3 is 2.05 bits per heavy atom. The summed E-state index contributed by atoms with van der Waals surface area (Å²) in [4.78, 5) is 56.2. The lowest BCUT2D eigenvalue weighted by atomic mass is 9.72. The Hall–Kier alpha value is -5.74. The van der Waals surface area contributed by atoms with Crippen LogP contribution in [0.15, 0.2) is 48.5 Å². The van der Waals surface area contributed by atoms with E-state index in [9.17, 15) is 19.2 Å². The molecule has 8 N–H and O–H groups in total. The SMILES string of the molecule is CC[C@H]1CN2CCc3cc(OC)c(OC)cc3[C@@H]2C[C@@H]1C[C@@H]1c2cc(OC)c(OC)cc2CCN1C(=O)OCc1ccc(NC(=O)[C@H](CCCNC(N)=O)NC(=O)[C@@H]([NH3+])C(C)C)cc1. The fraction of sp³-hybridized carbons (Fsp3) is 0.542. The average Bonchev–Trinajstić information content (AvgIpc) is 3.30. The first-order chi connectivity index (χ1) is 30.8. The largest absolute Gasteiger partial charge is 0.493 e. The first-order valence-corrected chi connectivity index (χ1v) is 22.5. The van der Waals surface area contributed by atoms with Crippen LogP contribution in [0.5, 0.6) is 23.0 Å². The van der Waals surface area contributed by atoms with Gasteiger partial charge < -0.3 is 56.0 Å². The first-order valence-electron chi connectivity index (χ1n) is 22.5. The van der Waals surface area contributed by atoms with Gasteiger partial charge in [-0.05, 0) is 115 Å². The standard InChI is InChI=1S/C48H67N7O9/c1-8-30-26-54-18-15-31-22-40(60-4)42(62-6)24-35(31)38(54)20-33(30)21-39-36-25-43(63-7)41(61-5)23-32(36)16-19-55(39)48(59)64-27-29-11-13-34(14-12-29)52-45(56)37(10-9-17-51-47(50)58)53-46(57)44(49)28(2)3/h11-14,22-25,28,30,33,37-39,44H,8-10,15-21,26-27,49H2,1-7H3,(H,52,56)(H,53,57)(H3,50,51,58)/p+1/t30-,33+,37-,38-,39+,44-/m0/s1. The highest BCUT2D eigenvalue weighted by Crippen LogP contribution is 2.49. The summed E-state index contributed by atoms with van der Waals surface area (Å²) in [7, 11) is 6.63. The Balaban J connectivity index is 1.17. The van der Waals surface area contributed by atoms with Crippen LogP contribution in [0.3, 0.4) is 0 Å². The smallest absolute Gasteiger partial charge is 0.410 e. The fourth-order valence-corrected chi connectivity index (χ4v) is 9.55. The van der Waals surface area contributed by atoms with E-state index < -0.39 is 30.1 Å². The molecule has 6 rings (SSSR count). The van der Waals surface area contributed by atoms with E-state index in [1.807, 2.05) is 30.9 Å². The van der Waals surface area contributed by atoms with Crippen LogP contribution in [0.1, 0.15) is 92.8 Å². The highest BCUT2D eigenvalue weighted by atomic mass is 16.6. The van der Waals surface area contributed by atoms with E-state index in [-0.39, 0.29) is 43.5 Å². The molecule has 0 bridgehead atoms. The second kappa shape index (κ2) is 21.8. The molecule has 6 atom stereocenters. The van der Waals surface area contributed by atoms with Crippen LogP contribution in [0, 0.1) is 17.8 Å². The van der Waals surface area contributed by atoms with Gasteiger partial charge in [0, 0.05) is 43.8 Å². The molecule has 64 heavy (non-hydrogen) atoms. The van der Waals surface area contributed by atoms with Gasteiger partial charge in [0.15, 0.2) is 29.0 Å². The Morgan fingerprint density at radius 2 is 1.44 bits per heavy atom. The minimum atomic E-state index is -0.860. The second-order valence-corrected chi connectivity index (χ2v) is 17.5. The van der Waals surface area contributed by atoms with Crippen LogP contribution >= 0.6 is 0 Å². The number of nitrogens with zero attached hydrogens (tertiary/aromatic N) is 2. The van der Waals surface area contributed by atoms with Crippen molar-refractivity contribution in [3.63, 3.8) is 0 Å². The van der Waals surface area contributed by atoms with Gasteiger partial charge in [-0.3, -0.25) is 14.5 Å². The molecular formula is C48H68N7O9+. The first kappa shape index (κ1) is 47.7. The molecule has 0 unspecified atom stereocenters. The van der Waals surface area contributed by atoms with E-state index in [2.05, 4.69) is 45.6 Å². The lowest BCUT2D eigenvalue weighted by Gasteiger charge is -2.49. The van der Waals surface area contributed by atoms with E-state index in [0.717, 1.165) is 67.0 Å². The quantitative estimate of drug-likeness (QED) is 0.106. The molecule has 1 saturated heterocycles. The van der Waals surface area contributed by atoms with Gasteiger partial charge in [-0.1, -0.05) is 39.3 Å². The van der Waals surface area contributed by atoms with Gasteiger partial charge in [0.05, 0.1) is 34.5 Å². The molecule has 0 saturated carbocycles. The number of methoxy groups -OCH3 is 4. The van der Waals surface area contributed by atoms with Gasteiger partial charge in [0.1, 0.15) is 12.6 Å². The summed E-state index contributed by atoms with van der Waals surface area (Å²) in [6.07, 6.45) is 4.61. The summed E-state index contributed by atoms with van der Waals surface area (Å²) < 4.78 is 29.0. The highest BCUT2D eigenvalue weighted by molar-refractivity contribution is 5.97. The van der Waals surface area contributed by atoms with Crippen molar-refractivity contribution >= 4 is 29.6 Å². The molecule has 5 amide bonds. The number of ether oxygens (including phenoxy) is 5. The van der Waals surface area contributed by atoms with Gasteiger partial charge in [-0.2, -0.15) is 0 Å². The monoisotopic (exact) mass is 887 g/mol. The Morgan fingerprint density at radius 1 is 0.828 bits per heavy atom. The van der Waals surface area contributed by atoms with Crippen molar-refractivity contribution in [1.82, 2.24) is 20.4 Å². The minimum absolute atomic E-state index is 0.0193. The third kappa shape index (κ3) is 11.1. The molecule has 0 radical (unpaired) electrons. The van der Waals surface area contributed by atoms with Gasteiger partial charge in [0.25, 0.3) is 5.91 Å². The number of piperidine rings is 1. The number of amides is 5. The molecule has 3 aliphatic rings. The van der Waals surface area contributed by atoms with E-state index in [1.165, 1.54) is 11.1 Å². The summed E-state index contributed by atoms with van der Waals surface area (Å²) in [6.45, 7) is 8.78. The van der Waals surface area contributed by atoms with Crippen LogP contribution in [-0.4, -0.2) is 100 Å². The van der Waals surface area contributed by atoms with Crippen molar-refractivity contribution in [2.75, 3.05) is 59.9 Å². The van der Waals surface area contributed by atoms with E-state index in [1.54, 1.807) is 52.7 Å². The molecule has 3 aromatic rings. The average molecular weight is 887 g/mol. The molecule has 16 heteroatoms. The maximum absolute atomic E-state index is 14.3. The van der Waals surface area contributed by atoms with Crippen LogP contribution in [0.25, 0.3) is 0 Å². The summed E-state index contributed by atoms with van der Waals surface area (Å²) in [5.41, 5.74) is 15.1. The molecule has 0 aliphatic carbocycles. The van der Waals surface area contributed by atoms with Crippen LogP contribution in [0.4, 0.5) is 15.3 Å². The second-order valence-electron chi connectivity index (χ2n) is 17.5. The Labute approximate surface area is 377 Å². The molecular weight excluding hydrogens is 819 g/mol. The zero-order valence-corrected chi connectivity index (χ0v) is 38.5. The maximum atomic E-state index is 14.3. The van der Waals surface area contributed by atoms with Crippen LogP contribution < -0.4 is 46.4 Å². The molecule has 3 aliphatic heterocycles. The number of benzene rings is 3. The van der Waals surface area contributed by atoms with Crippen molar-refractivity contribution in [2.24, 2.45) is 23.5 Å². The van der Waals surface area contributed by atoms with E-state index in [4.69, 9.17) is 29.4 Å². The number of quaternary nitrogens is 1. The van der Waals surface area contributed by atoms with Gasteiger partial charge >= 0.3 is 12.1 Å². The van der Waals surface area contributed by atoms with Crippen molar-refractivity contribution in [3.05, 3.63) is 76.3 Å². The van der Waals surface area contributed by atoms with Crippen molar-refractivity contribution in [3.8, 4) is 23.0 Å². The number of hydrogen-bond acceptors (Lipinski definition) is 10. The molecule has 16 nitrogen and oxygen atoms in total. The maximum Gasteiger partial charge on any atom is 0.410 e. The Bertz CT molecular complexity index is 2120. The van der Waals surface area contributed by atoms with Crippen molar-refractivity contribution in [1.29, 1.82) is 0 Å². The summed E-state index contributed by atoms with van der Waals surface area (Å²) >= 11 is 0. The molecule has 1 fully saturated rings. The van der Waals surface area contributed by atoms with Crippen molar-refractivity contribution in [2.45, 2.75) is 96.5 Å². The number of anilines is 1. The lowest BCUT2D eigenvalue weighted by Crippen LogP contribution is -2.70. The predicted molar refractivity (Wildman–Crippen MR) is 242 cm³/mol. The number of carbonyl (C=O) groups is 4. The third-order valence-electron chi connectivity index (χ3n) is 13.4. The fourth-order valence-electron chi connectivity index (χ4n) is 9.55. The lowest BCUT2D eigenvalue weighted by molar-refractivity contribution is -0.414. The molecule has 3 heterocycles. The topological polar surface area (TPSA) is 211 Å². The van der Waals surface area contributed by atoms with Crippen LogP contribution in [0.2, 0.25) is 0 Å². The number of primary amides is 1. The molecule has 3 aromatic carbocycles. The summed E-state index contributed by atoms with van der Waals surface area (Å²) in [6, 6.07) is 13.3. The zero-order valence-electron chi connectivity index (χ0n) is 38.5. The number of carbonyl (C=O) groups excluding carboxylic acids is 4. The third-order valence-corrected chi connectivity index (χ3v) is 13.4. The Kier molecular flexibility index (Phi) is 16.2. The number of hydrogen-bond donors (Lipinski definition) is 5. The van der Waals surface area contributed by atoms with Gasteiger partial charge in [-0.25, -0.2) is 9.59 Å². The van der Waals surface area contributed by atoms with Crippen LogP contribution in [-0.2, 0) is 33.8 Å². The highest BCUT2D eigenvalue weighted by Gasteiger charge is 2.42. The van der Waals surface area contributed by atoms with Gasteiger partial charge in [-0.15, -0.1) is 0 Å². The van der Waals surface area contributed by atoms with Gasteiger partial charge in [0.2, 0.25) is 5.91 Å². The van der Waals surface area contributed by atoms with E-state index >= 15 is 0 Å². The number of rotatable bonds is 18. The van der Waals surface area contributed by atoms with Crippen molar-refractivity contribution < 1.29 is 48.6 Å². The molecule has 0 spiro atoms. The van der Waals surface area contributed by atoms with E-state index in [0.29, 0.717) is 48.4 Å². The summed E-state index contributed by atoms with van der Waals surface area (Å²) in [5.74, 6) is 2.75. The number of nitrogens with one attached hydrogen (secondary N) is 3. The summed E-state index contributed by atoms with van der Waals surface area (Å²) in [5, 5.41) is 8.21. The number of fused-ring (bicyclic) bond motifs is 4. The predicted octanol–water partition coefficient (Wildman–Crippen LogP) is 5.13. The zero-order chi connectivity index (χ0) is 46.1.